The number of rotatable bonds is 4. The zero-order valence-electron chi connectivity index (χ0n) is 8.15. The van der Waals surface area contributed by atoms with Crippen LogP contribution in [0.15, 0.2) is 0 Å². The summed E-state index contributed by atoms with van der Waals surface area (Å²) in [6.45, 7) is -0.476. The molecule has 0 aromatic carbocycles. The van der Waals surface area contributed by atoms with Crippen LogP contribution in [0.3, 0.4) is 0 Å². The van der Waals surface area contributed by atoms with Crippen LogP contribution in [0.5, 0.6) is 0 Å². The first-order valence-electron chi connectivity index (χ1n) is 4.76. The highest BCUT2D eigenvalue weighted by atomic mass is 16.6. The molecule has 5 atom stereocenters. The van der Waals surface area contributed by atoms with Gasteiger partial charge in [-0.05, 0) is 0 Å². The summed E-state index contributed by atoms with van der Waals surface area (Å²) in [5.41, 5.74) is 0. The molecule has 90 valence electrons. The van der Waals surface area contributed by atoms with E-state index in [1.807, 2.05) is 0 Å². The number of hydrogen-bond donors (Lipinski definition) is 6. The van der Waals surface area contributed by atoms with Crippen molar-refractivity contribution in [1.29, 1.82) is 0 Å². The quantitative estimate of drug-likeness (QED) is 0.291. The van der Waals surface area contributed by atoms with Crippen LogP contribution in [0.25, 0.3) is 0 Å². The molecule has 0 radical (unpaired) electrons. The van der Waals surface area contributed by atoms with Crippen molar-refractivity contribution in [3.8, 4) is 0 Å². The first kappa shape index (κ1) is 12.8. The van der Waals surface area contributed by atoms with Crippen LogP contribution >= 0.6 is 0 Å². The van der Waals surface area contributed by atoms with Gasteiger partial charge in [0.1, 0.15) is 18.3 Å². The molecule has 0 aromatic rings. The lowest BCUT2D eigenvalue weighted by molar-refractivity contribution is -0.254. The van der Waals surface area contributed by atoms with E-state index in [2.05, 4.69) is 5.32 Å². The molecule has 0 aromatic heterocycles. The smallest absolute Gasteiger partial charge is 0.173 e. The van der Waals surface area contributed by atoms with E-state index in [0.717, 1.165) is 0 Å². The molecule has 7 heteroatoms. The van der Waals surface area contributed by atoms with E-state index < -0.39 is 37.3 Å². The molecular weight excluding hydrogens is 206 g/mol. The van der Waals surface area contributed by atoms with Crippen molar-refractivity contribution in [2.45, 2.75) is 30.6 Å². The average molecular weight is 223 g/mol. The van der Waals surface area contributed by atoms with Gasteiger partial charge in [-0.2, -0.15) is 0 Å². The average Bonchev–Trinajstić information content (AvgIpc) is 2.23. The van der Waals surface area contributed by atoms with Gasteiger partial charge in [0.25, 0.3) is 0 Å². The van der Waals surface area contributed by atoms with Gasteiger partial charge in [-0.3, -0.25) is 0 Å². The van der Waals surface area contributed by atoms with Crippen LogP contribution in [-0.2, 0) is 4.74 Å². The Morgan fingerprint density at radius 2 is 1.73 bits per heavy atom. The van der Waals surface area contributed by atoms with Gasteiger partial charge in [0.05, 0.1) is 19.3 Å². The Morgan fingerprint density at radius 3 is 2.27 bits per heavy atom. The minimum atomic E-state index is -1.33. The van der Waals surface area contributed by atoms with Crippen LogP contribution in [0.2, 0.25) is 0 Å². The molecule has 15 heavy (non-hydrogen) atoms. The van der Waals surface area contributed by atoms with Gasteiger partial charge in [-0.1, -0.05) is 0 Å². The monoisotopic (exact) mass is 223 g/mol. The summed E-state index contributed by atoms with van der Waals surface area (Å²) < 4.78 is 4.88. The van der Waals surface area contributed by atoms with Gasteiger partial charge in [0.2, 0.25) is 0 Å². The van der Waals surface area contributed by atoms with Crippen LogP contribution < -0.4 is 5.32 Å². The minimum absolute atomic E-state index is 0.157. The molecule has 1 saturated heterocycles. The molecule has 0 bridgehead atoms. The van der Waals surface area contributed by atoms with Gasteiger partial charge >= 0.3 is 0 Å². The summed E-state index contributed by atoms with van der Waals surface area (Å²) in [6.07, 6.45) is -4.85. The first-order chi connectivity index (χ1) is 7.11. The van der Waals surface area contributed by atoms with E-state index in [1.54, 1.807) is 0 Å². The molecule has 0 saturated carbocycles. The molecular formula is C8H17NO6. The summed E-state index contributed by atoms with van der Waals surface area (Å²) in [7, 11) is 0. The van der Waals surface area contributed by atoms with E-state index >= 15 is 0 Å². The predicted octanol–water partition coefficient (Wildman–Crippen LogP) is -3.63. The molecule has 0 aliphatic carbocycles. The third-order valence-electron chi connectivity index (χ3n) is 2.39. The Morgan fingerprint density at radius 1 is 1.07 bits per heavy atom. The van der Waals surface area contributed by atoms with Crippen molar-refractivity contribution in [3.05, 3.63) is 0 Å². The molecule has 1 unspecified atom stereocenters. The summed E-state index contributed by atoms with van der Waals surface area (Å²) in [6, 6.07) is -0.880. The second kappa shape index (κ2) is 5.71. The van der Waals surface area contributed by atoms with E-state index in [9.17, 15) is 15.3 Å². The predicted molar refractivity (Wildman–Crippen MR) is 48.9 cm³/mol. The Kier molecular flexibility index (Phi) is 4.87. The van der Waals surface area contributed by atoms with Gasteiger partial charge in [-0.25, -0.2) is 0 Å². The topological polar surface area (TPSA) is 122 Å². The summed E-state index contributed by atoms with van der Waals surface area (Å²) in [5, 5.41) is 48.5. The van der Waals surface area contributed by atoms with E-state index in [-0.39, 0.29) is 13.2 Å². The summed E-state index contributed by atoms with van der Waals surface area (Å²) in [5.74, 6) is 0. The van der Waals surface area contributed by atoms with E-state index in [1.165, 1.54) is 0 Å². The van der Waals surface area contributed by atoms with Gasteiger partial charge in [-0.15, -0.1) is 0 Å². The van der Waals surface area contributed by atoms with E-state index in [0.29, 0.717) is 0 Å². The fourth-order valence-corrected chi connectivity index (χ4v) is 1.55. The zero-order valence-corrected chi connectivity index (χ0v) is 8.15. The first-order valence-corrected chi connectivity index (χ1v) is 4.76. The normalized spacial score (nSPS) is 41.8. The maximum Gasteiger partial charge on any atom is 0.173 e. The number of nitrogens with one attached hydrogen (secondary N) is 1. The molecule has 1 aliphatic rings. The van der Waals surface area contributed by atoms with Crippen LogP contribution in [0.1, 0.15) is 0 Å². The number of ether oxygens (including phenoxy) is 1. The second-order valence-corrected chi connectivity index (χ2v) is 3.43. The summed E-state index contributed by atoms with van der Waals surface area (Å²) >= 11 is 0. The molecule has 0 amide bonds. The van der Waals surface area contributed by atoms with Crippen molar-refractivity contribution >= 4 is 0 Å². The highest BCUT2D eigenvalue weighted by Gasteiger charge is 2.43. The number of hydrogen-bond acceptors (Lipinski definition) is 7. The van der Waals surface area contributed by atoms with E-state index in [4.69, 9.17) is 14.9 Å². The standard InChI is InChI=1S/C8H17NO6/c10-2-1-9-5-7(13)6(12)4(3-11)15-8(5)14/h4-14H,1-3H2/t4-,5-,6-,7-,8?/m1/s1. The maximum atomic E-state index is 9.59. The Labute approximate surface area is 86.9 Å². The van der Waals surface area contributed by atoms with Gasteiger partial charge in [0, 0.05) is 6.54 Å². The van der Waals surface area contributed by atoms with Crippen molar-refractivity contribution in [1.82, 2.24) is 5.32 Å². The Hall–Kier alpha value is -0.280. The van der Waals surface area contributed by atoms with Crippen molar-refractivity contribution in [3.63, 3.8) is 0 Å². The van der Waals surface area contributed by atoms with Gasteiger partial charge in [0.15, 0.2) is 6.29 Å². The Balaban J connectivity index is 2.58. The molecule has 1 heterocycles. The van der Waals surface area contributed by atoms with Crippen molar-refractivity contribution in [2.75, 3.05) is 19.8 Å². The minimum Gasteiger partial charge on any atom is -0.395 e. The molecule has 1 rings (SSSR count). The molecule has 1 fully saturated rings. The number of aliphatic hydroxyl groups is 5. The third-order valence-corrected chi connectivity index (χ3v) is 2.39. The van der Waals surface area contributed by atoms with Gasteiger partial charge < -0.3 is 35.6 Å². The fourth-order valence-electron chi connectivity index (χ4n) is 1.55. The zero-order chi connectivity index (χ0) is 11.4. The molecule has 6 N–H and O–H groups in total. The van der Waals surface area contributed by atoms with Crippen LogP contribution in [0, 0.1) is 0 Å². The number of aliphatic hydroxyl groups excluding tert-OH is 5. The second-order valence-electron chi connectivity index (χ2n) is 3.43. The molecule has 1 aliphatic heterocycles. The maximum absolute atomic E-state index is 9.59. The van der Waals surface area contributed by atoms with Crippen molar-refractivity contribution < 1.29 is 30.3 Å². The van der Waals surface area contributed by atoms with Crippen molar-refractivity contribution in [2.24, 2.45) is 0 Å². The highest BCUT2D eigenvalue weighted by molar-refractivity contribution is 4.92. The SMILES string of the molecule is OCCN[C@H]1C(O)O[C@H](CO)[C@@H](O)[C@@H]1O. The molecule has 7 nitrogen and oxygen atoms in total. The fraction of sp³-hybridized carbons (Fsp3) is 1.00. The summed E-state index contributed by atoms with van der Waals surface area (Å²) in [4.78, 5) is 0. The van der Waals surface area contributed by atoms with Crippen LogP contribution in [-0.4, -0.2) is 75.9 Å². The third kappa shape index (κ3) is 2.85. The highest BCUT2D eigenvalue weighted by Crippen LogP contribution is 2.19. The van der Waals surface area contributed by atoms with Crippen LogP contribution in [0.4, 0.5) is 0 Å². The lowest BCUT2D eigenvalue weighted by atomic mass is 9.97. The largest absolute Gasteiger partial charge is 0.395 e. The molecule has 0 spiro atoms. The lowest BCUT2D eigenvalue weighted by Gasteiger charge is -2.40. The Bertz CT molecular complexity index is 192. The lowest BCUT2D eigenvalue weighted by Crippen LogP contribution is -2.63.